The Bertz CT molecular complexity index is 392. The van der Waals surface area contributed by atoms with Gasteiger partial charge in [0.1, 0.15) is 0 Å². The largest absolute Gasteiger partial charge is 0.374 e. The molecule has 0 spiro atoms. The van der Waals surface area contributed by atoms with Gasteiger partial charge in [0, 0.05) is 6.61 Å². The number of rotatable bonds is 2. The summed E-state index contributed by atoms with van der Waals surface area (Å²) in [6.07, 6.45) is 3.74. The van der Waals surface area contributed by atoms with Crippen LogP contribution in [0.25, 0.3) is 0 Å². The van der Waals surface area contributed by atoms with Gasteiger partial charge in [-0.25, -0.2) is 0 Å². The Morgan fingerprint density at radius 1 is 1.18 bits per heavy atom. The third-order valence-electron chi connectivity index (χ3n) is 3.91. The van der Waals surface area contributed by atoms with Gasteiger partial charge in [0.05, 0.1) is 14.0 Å². The predicted octanol–water partition coefficient (Wildman–Crippen LogP) is 3.99. The highest BCUT2D eigenvalue weighted by Crippen LogP contribution is 2.39. The summed E-state index contributed by atoms with van der Waals surface area (Å²) in [7, 11) is -0.508. The van der Waals surface area contributed by atoms with Crippen LogP contribution in [0.4, 0.5) is 0 Å². The van der Waals surface area contributed by atoms with E-state index >= 15 is 0 Å². The van der Waals surface area contributed by atoms with Gasteiger partial charge in [0.15, 0.2) is 0 Å². The second kappa shape index (κ2) is 4.95. The van der Waals surface area contributed by atoms with Gasteiger partial charge in [0.25, 0.3) is 0 Å². The first kappa shape index (κ1) is 12.8. The highest BCUT2D eigenvalue weighted by molar-refractivity contribution is 6.59. The first-order chi connectivity index (χ1) is 8.06. The molecule has 1 saturated heterocycles. The van der Waals surface area contributed by atoms with Crippen LogP contribution in [0.2, 0.25) is 13.1 Å². The van der Waals surface area contributed by atoms with E-state index in [-0.39, 0.29) is 5.22 Å². The maximum absolute atomic E-state index is 6.29. The molecule has 0 aliphatic carbocycles. The van der Waals surface area contributed by atoms with Crippen LogP contribution in [0.15, 0.2) is 18.2 Å². The number of benzene rings is 1. The SMILES string of the molecule is Cc1ccc(C)c(C2([Si](C)C)CCCCO2)c1. The Labute approximate surface area is 107 Å². The van der Waals surface area contributed by atoms with Crippen LogP contribution in [0.5, 0.6) is 0 Å². The predicted molar refractivity (Wildman–Crippen MR) is 74.9 cm³/mol. The monoisotopic (exact) mass is 247 g/mol. The highest BCUT2D eigenvalue weighted by atomic mass is 28.3. The van der Waals surface area contributed by atoms with Crippen molar-refractivity contribution in [2.45, 2.75) is 51.4 Å². The molecule has 1 aromatic rings. The fourth-order valence-corrected chi connectivity index (χ4v) is 4.72. The van der Waals surface area contributed by atoms with Gasteiger partial charge in [-0.3, -0.25) is 0 Å². The molecule has 1 unspecified atom stereocenters. The van der Waals surface area contributed by atoms with E-state index in [2.05, 4.69) is 45.1 Å². The second-order valence-electron chi connectivity index (χ2n) is 5.45. The molecule has 1 nitrogen and oxygen atoms in total. The summed E-state index contributed by atoms with van der Waals surface area (Å²) in [6, 6.07) is 6.79. The number of ether oxygens (including phenoxy) is 1. The molecule has 0 saturated carbocycles. The maximum Gasteiger partial charge on any atom is 0.0885 e. The summed E-state index contributed by atoms with van der Waals surface area (Å²) >= 11 is 0. The minimum atomic E-state index is -0.508. The number of hydrogen-bond acceptors (Lipinski definition) is 1. The van der Waals surface area contributed by atoms with E-state index in [0.29, 0.717) is 0 Å². The third kappa shape index (κ3) is 2.34. The molecular weight excluding hydrogens is 224 g/mol. The Morgan fingerprint density at radius 3 is 2.53 bits per heavy atom. The smallest absolute Gasteiger partial charge is 0.0885 e. The van der Waals surface area contributed by atoms with Crippen molar-refractivity contribution in [1.82, 2.24) is 0 Å². The molecule has 0 bridgehead atoms. The summed E-state index contributed by atoms with van der Waals surface area (Å²) < 4.78 is 6.29. The summed E-state index contributed by atoms with van der Waals surface area (Å²) in [5.74, 6) is 0. The van der Waals surface area contributed by atoms with Gasteiger partial charge in [-0.1, -0.05) is 36.9 Å². The third-order valence-corrected chi connectivity index (χ3v) is 6.19. The van der Waals surface area contributed by atoms with Crippen molar-refractivity contribution in [2.24, 2.45) is 0 Å². The standard InChI is InChI=1S/C15H23OSi/c1-12-7-8-13(2)14(11-12)15(17(3)4)9-5-6-10-16-15/h7-8,11H,5-6,9-10H2,1-4H3. The van der Waals surface area contributed by atoms with E-state index in [1.165, 1.54) is 36.0 Å². The van der Waals surface area contributed by atoms with Crippen LogP contribution in [0, 0.1) is 13.8 Å². The van der Waals surface area contributed by atoms with Crippen molar-refractivity contribution in [3.8, 4) is 0 Å². The minimum absolute atomic E-state index is 0.0546. The lowest BCUT2D eigenvalue weighted by atomic mass is 9.95. The second-order valence-corrected chi connectivity index (χ2v) is 8.26. The van der Waals surface area contributed by atoms with Crippen LogP contribution in [0.1, 0.15) is 36.0 Å². The molecule has 1 fully saturated rings. The van der Waals surface area contributed by atoms with Crippen LogP contribution in [-0.4, -0.2) is 15.4 Å². The average molecular weight is 247 g/mol. The fourth-order valence-electron chi connectivity index (χ4n) is 2.84. The quantitative estimate of drug-likeness (QED) is 0.718. The molecule has 0 amide bonds. The van der Waals surface area contributed by atoms with Gasteiger partial charge >= 0.3 is 0 Å². The van der Waals surface area contributed by atoms with E-state index in [4.69, 9.17) is 4.74 Å². The Balaban J connectivity index is 2.48. The van der Waals surface area contributed by atoms with Crippen LogP contribution >= 0.6 is 0 Å². The molecule has 0 N–H and O–H groups in total. The van der Waals surface area contributed by atoms with E-state index < -0.39 is 8.80 Å². The minimum Gasteiger partial charge on any atom is -0.374 e. The van der Waals surface area contributed by atoms with Crippen molar-refractivity contribution in [3.05, 3.63) is 34.9 Å². The molecule has 93 valence electrons. The maximum atomic E-state index is 6.29. The topological polar surface area (TPSA) is 9.23 Å². The van der Waals surface area contributed by atoms with Gasteiger partial charge in [-0.2, -0.15) is 0 Å². The van der Waals surface area contributed by atoms with Crippen LogP contribution < -0.4 is 0 Å². The zero-order valence-electron chi connectivity index (χ0n) is 11.5. The Morgan fingerprint density at radius 2 is 1.94 bits per heavy atom. The molecule has 1 atom stereocenters. The highest BCUT2D eigenvalue weighted by Gasteiger charge is 2.40. The van der Waals surface area contributed by atoms with Gasteiger partial charge in [0.2, 0.25) is 0 Å². The molecule has 1 radical (unpaired) electrons. The van der Waals surface area contributed by atoms with Gasteiger partial charge < -0.3 is 4.74 Å². The van der Waals surface area contributed by atoms with Crippen LogP contribution in [0.3, 0.4) is 0 Å². The Hall–Kier alpha value is -0.603. The zero-order valence-corrected chi connectivity index (χ0v) is 12.5. The first-order valence-electron chi connectivity index (χ1n) is 6.58. The number of hydrogen-bond donors (Lipinski definition) is 0. The lowest BCUT2D eigenvalue weighted by Gasteiger charge is -2.41. The van der Waals surface area contributed by atoms with Crippen molar-refractivity contribution in [1.29, 1.82) is 0 Å². The summed E-state index contributed by atoms with van der Waals surface area (Å²) in [4.78, 5) is 0. The molecule has 1 aliphatic heterocycles. The van der Waals surface area contributed by atoms with Gasteiger partial charge in [-0.05, 0) is 44.2 Å². The average Bonchev–Trinajstić information content (AvgIpc) is 2.33. The molecule has 1 aliphatic rings. The molecule has 1 aromatic carbocycles. The van der Waals surface area contributed by atoms with Crippen molar-refractivity contribution in [2.75, 3.05) is 6.61 Å². The van der Waals surface area contributed by atoms with Gasteiger partial charge in [-0.15, -0.1) is 0 Å². The summed E-state index contributed by atoms with van der Waals surface area (Å²) in [5, 5.41) is 0.0546. The van der Waals surface area contributed by atoms with Crippen molar-refractivity contribution in [3.63, 3.8) is 0 Å². The summed E-state index contributed by atoms with van der Waals surface area (Å²) in [5.41, 5.74) is 4.20. The normalized spacial score (nSPS) is 25.2. The lowest BCUT2D eigenvalue weighted by molar-refractivity contribution is -0.0268. The summed E-state index contributed by atoms with van der Waals surface area (Å²) in [6.45, 7) is 10.1. The molecule has 2 heteroatoms. The molecule has 0 aromatic heterocycles. The van der Waals surface area contributed by atoms with E-state index in [1.54, 1.807) is 0 Å². The zero-order chi connectivity index (χ0) is 12.5. The van der Waals surface area contributed by atoms with Crippen LogP contribution in [-0.2, 0) is 9.96 Å². The molecule has 1 heterocycles. The Kier molecular flexibility index (Phi) is 3.74. The van der Waals surface area contributed by atoms with E-state index in [0.717, 1.165) is 6.61 Å². The molecule has 2 rings (SSSR count). The molecule has 17 heavy (non-hydrogen) atoms. The van der Waals surface area contributed by atoms with Crippen molar-refractivity contribution >= 4 is 8.80 Å². The molecular formula is C15H23OSi. The fraction of sp³-hybridized carbons (Fsp3) is 0.600. The van der Waals surface area contributed by atoms with E-state index in [1.807, 2.05) is 0 Å². The van der Waals surface area contributed by atoms with E-state index in [9.17, 15) is 0 Å². The first-order valence-corrected chi connectivity index (χ1v) is 9.08. The number of aryl methyl sites for hydroxylation is 2. The lowest BCUT2D eigenvalue weighted by Crippen LogP contribution is -2.45. The van der Waals surface area contributed by atoms with Crippen molar-refractivity contribution < 1.29 is 4.74 Å².